The summed E-state index contributed by atoms with van der Waals surface area (Å²) in [7, 11) is 1.60. The highest BCUT2D eigenvalue weighted by atomic mass is 16.5. The normalized spacial score (nSPS) is 10.8. The van der Waals surface area contributed by atoms with Gasteiger partial charge in [-0.1, -0.05) is 60.7 Å². The number of rotatable bonds is 10. The maximum absolute atomic E-state index is 13.2. The molecule has 6 rings (SSSR count). The molecule has 4 N–H and O–H groups in total. The molecule has 0 spiro atoms. The molecule has 0 unspecified atom stereocenters. The van der Waals surface area contributed by atoms with Crippen LogP contribution in [0.1, 0.15) is 47.8 Å². The number of nitrogens with one attached hydrogen (secondary N) is 2. The standard InChI is InChI=1S/C39H32N4O4/c1-24-17-27(20-34-36(24)41-22-35(38(40)45)37(34)42-32-7-4-8-33(21-32)47-2)18-26-5-3-6-30(19-26)39(46)43-31-15-13-29(14-16-31)28-11-9-25(23-44)10-12-28/h3-17,19-23H,18H2,1-2H3,(H2,40,45)(H,41,42)(H,43,46). The molecule has 6 aromatic rings. The third-order valence-corrected chi connectivity index (χ3v) is 7.95. The third kappa shape index (κ3) is 6.87. The van der Waals surface area contributed by atoms with Crippen LogP contribution in [0.2, 0.25) is 0 Å². The van der Waals surface area contributed by atoms with E-state index in [9.17, 15) is 14.4 Å². The van der Waals surface area contributed by atoms with Crippen molar-refractivity contribution in [2.24, 2.45) is 5.73 Å². The Kier molecular flexibility index (Phi) is 8.75. The number of amides is 2. The van der Waals surface area contributed by atoms with Crippen LogP contribution in [0.25, 0.3) is 22.0 Å². The van der Waals surface area contributed by atoms with E-state index in [4.69, 9.17) is 10.5 Å². The quantitative estimate of drug-likeness (QED) is 0.135. The van der Waals surface area contributed by atoms with E-state index in [1.807, 2.05) is 91.9 Å². The minimum atomic E-state index is -0.588. The van der Waals surface area contributed by atoms with E-state index in [2.05, 4.69) is 21.7 Å². The van der Waals surface area contributed by atoms with Crippen LogP contribution >= 0.6 is 0 Å². The lowest BCUT2D eigenvalue weighted by Gasteiger charge is -2.16. The van der Waals surface area contributed by atoms with Gasteiger partial charge in [0.05, 0.1) is 23.9 Å². The highest BCUT2D eigenvalue weighted by Crippen LogP contribution is 2.33. The second-order valence-corrected chi connectivity index (χ2v) is 11.2. The Morgan fingerprint density at radius 1 is 0.830 bits per heavy atom. The van der Waals surface area contributed by atoms with Crippen LogP contribution in [0.4, 0.5) is 17.1 Å². The molecule has 232 valence electrons. The van der Waals surface area contributed by atoms with Gasteiger partial charge < -0.3 is 21.1 Å². The van der Waals surface area contributed by atoms with Crippen LogP contribution in [0.15, 0.2) is 115 Å². The van der Waals surface area contributed by atoms with Crippen LogP contribution in [0, 0.1) is 6.92 Å². The number of hydrogen-bond acceptors (Lipinski definition) is 6. The number of carbonyl (C=O) groups excluding carboxylic acids is 3. The summed E-state index contributed by atoms with van der Waals surface area (Å²) in [5, 5.41) is 7.11. The maximum atomic E-state index is 13.2. The number of primary amides is 1. The minimum Gasteiger partial charge on any atom is -0.497 e. The van der Waals surface area contributed by atoms with Crippen molar-refractivity contribution in [3.05, 3.63) is 149 Å². The zero-order valence-corrected chi connectivity index (χ0v) is 25.9. The molecule has 0 saturated heterocycles. The number of aryl methyl sites for hydroxylation is 1. The molecule has 0 aliphatic rings. The van der Waals surface area contributed by atoms with E-state index < -0.39 is 5.91 Å². The number of nitrogens with zero attached hydrogens (tertiary/aromatic N) is 1. The summed E-state index contributed by atoms with van der Waals surface area (Å²) in [4.78, 5) is 41.2. The number of benzene rings is 5. The highest BCUT2D eigenvalue weighted by molar-refractivity contribution is 6.08. The van der Waals surface area contributed by atoms with E-state index in [0.717, 1.165) is 50.7 Å². The number of nitrogens with two attached hydrogens (primary N) is 1. The first kappa shape index (κ1) is 30.7. The van der Waals surface area contributed by atoms with Gasteiger partial charge in [0, 0.05) is 40.2 Å². The molecule has 0 bridgehead atoms. The first-order valence-corrected chi connectivity index (χ1v) is 15.0. The molecule has 1 aromatic heterocycles. The first-order chi connectivity index (χ1) is 22.8. The van der Waals surface area contributed by atoms with Crippen LogP contribution in [-0.2, 0) is 6.42 Å². The van der Waals surface area contributed by atoms with Gasteiger partial charge in [-0.05, 0) is 83.6 Å². The second kappa shape index (κ2) is 13.4. The molecule has 0 fully saturated rings. The van der Waals surface area contributed by atoms with Crippen molar-refractivity contribution in [1.82, 2.24) is 4.98 Å². The molecular weight excluding hydrogens is 588 g/mol. The van der Waals surface area contributed by atoms with E-state index >= 15 is 0 Å². The lowest BCUT2D eigenvalue weighted by atomic mass is 9.97. The van der Waals surface area contributed by atoms with Crippen molar-refractivity contribution in [2.45, 2.75) is 13.3 Å². The monoisotopic (exact) mass is 620 g/mol. The molecule has 0 saturated carbocycles. The van der Waals surface area contributed by atoms with Gasteiger partial charge in [-0.25, -0.2) is 0 Å². The predicted molar refractivity (Wildman–Crippen MR) is 186 cm³/mol. The molecule has 0 atom stereocenters. The molecular formula is C39H32N4O4. The van der Waals surface area contributed by atoms with E-state index in [1.165, 1.54) is 6.20 Å². The van der Waals surface area contributed by atoms with Crippen LogP contribution in [0.3, 0.4) is 0 Å². The van der Waals surface area contributed by atoms with Crippen molar-refractivity contribution in [2.75, 3.05) is 17.7 Å². The van der Waals surface area contributed by atoms with E-state index in [0.29, 0.717) is 34.7 Å². The number of carbonyl (C=O) groups is 3. The summed E-state index contributed by atoms with van der Waals surface area (Å²) in [6.07, 6.45) is 2.87. The topological polar surface area (TPSA) is 123 Å². The Labute approximate surface area is 272 Å². The van der Waals surface area contributed by atoms with Crippen molar-refractivity contribution in [1.29, 1.82) is 0 Å². The van der Waals surface area contributed by atoms with E-state index in [-0.39, 0.29) is 11.5 Å². The summed E-state index contributed by atoms with van der Waals surface area (Å²) >= 11 is 0. The number of hydrogen-bond donors (Lipinski definition) is 3. The smallest absolute Gasteiger partial charge is 0.255 e. The number of pyridine rings is 1. The Morgan fingerprint density at radius 2 is 1.55 bits per heavy atom. The average Bonchev–Trinajstić information content (AvgIpc) is 3.09. The third-order valence-electron chi connectivity index (χ3n) is 7.95. The summed E-state index contributed by atoms with van der Waals surface area (Å²) in [6.45, 7) is 1.98. The molecule has 8 heteroatoms. The number of anilines is 3. The summed E-state index contributed by atoms with van der Waals surface area (Å²) in [6, 6.07) is 33.9. The molecule has 1 heterocycles. The van der Waals surface area contributed by atoms with Crippen molar-refractivity contribution in [3.63, 3.8) is 0 Å². The van der Waals surface area contributed by atoms with Gasteiger partial charge in [-0.15, -0.1) is 0 Å². The largest absolute Gasteiger partial charge is 0.497 e. The summed E-state index contributed by atoms with van der Waals surface area (Å²) in [5.74, 6) is -0.131. The molecule has 0 radical (unpaired) electrons. The minimum absolute atomic E-state index is 0.218. The fourth-order valence-corrected chi connectivity index (χ4v) is 5.59. The lowest BCUT2D eigenvalue weighted by Crippen LogP contribution is -2.14. The summed E-state index contributed by atoms with van der Waals surface area (Å²) in [5.41, 5.74) is 14.8. The maximum Gasteiger partial charge on any atom is 0.255 e. The molecule has 0 aliphatic carbocycles. The van der Waals surface area contributed by atoms with Crippen LogP contribution in [-0.4, -0.2) is 30.2 Å². The second-order valence-electron chi connectivity index (χ2n) is 11.2. The molecule has 2 amide bonds. The molecule has 47 heavy (non-hydrogen) atoms. The lowest BCUT2D eigenvalue weighted by molar-refractivity contribution is 0.0998. The Hall–Kier alpha value is -6.28. The Bertz CT molecular complexity index is 2120. The Morgan fingerprint density at radius 3 is 2.26 bits per heavy atom. The first-order valence-electron chi connectivity index (χ1n) is 15.0. The van der Waals surface area contributed by atoms with Crippen LogP contribution < -0.4 is 21.1 Å². The van der Waals surface area contributed by atoms with Gasteiger partial charge in [0.15, 0.2) is 0 Å². The molecule has 0 aliphatic heterocycles. The Balaban J connectivity index is 1.24. The highest BCUT2D eigenvalue weighted by Gasteiger charge is 2.17. The molecule has 5 aromatic carbocycles. The number of ether oxygens (including phenoxy) is 1. The number of aromatic nitrogens is 1. The van der Waals surface area contributed by atoms with E-state index in [1.54, 1.807) is 25.3 Å². The average molecular weight is 621 g/mol. The number of aldehydes is 1. The SMILES string of the molecule is COc1cccc(Nc2c(C(N)=O)cnc3c(C)cc(Cc4cccc(C(=O)Nc5ccc(-c6ccc(C=O)cc6)cc5)c4)cc23)c1. The fourth-order valence-electron chi connectivity index (χ4n) is 5.59. The van der Waals surface area contributed by atoms with Crippen molar-refractivity contribution in [3.8, 4) is 16.9 Å². The van der Waals surface area contributed by atoms with Crippen molar-refractivity contribution < 1.29 is 19.1 Å². The van der Waals surface area contributed by atoms with Crippen molar-refractivity contribution >= 4 is 46.1 Å². The van der Waals surface area contributed by atoms with Gasteiger partial charge in [-0.3, -0.25) is 19.4 Å². The van der Waals surface area contributed by atoms with Gasteiger partial charge >= 0.3 is 0 Å². The fraction of sp³-hybridized carbons (Fsp3) is 0.0769. The predicted octanol–water partition coefficient (Wildman–Crippen LogP) is 7.72. The summed E-state index contributed by atoms with van der Waals surface area (Å²) < 4.78 is 5.37. The van der Waals surface area contributed by atoms with Gasteiger partial charge in [0.2, 0.25) is 0 Å². The van der Waals surface area contributed by atoms with Gasteiger partial charge in [0.25, 0.3) is 11.8 Å². The van der Waals surface area contributed by atoms with Gasteiger partial charge in [-0.2, -0.15) is 0 Å². The molecule has 8 nitrogen and oxygen atoms in total. The van der Waals surface area contributed by atoms with Gasteiger partial charge in [0.1, 0.15) is 12.0 Å². The number of methoxy groups -OCH3 is 1. The number of fused-ring (bicyclic) bond motifs is 1. The zero-order chi connectivity index (χ0) is 32.9. The zero-order valence-electron chi connectivity index (χ0n) is 25.9. The van der Waals surface area contributed by atoms with Crippen LogP contribution in [0.5, 0.6) is 5.75 Å².